The van der Waals surface area contributed by atoms with E-state index >= 15 is 0 Å². The minimum atomic E-state index is -1.48. The van der Waals surface area contributed by atoms with Gasteiger partial charge in [-0.15, -0.1) is 0 Å². The lowest BCUT2D eigenvalue weighted by atomic mass is 9.99. The summed E-state index contributed by atoms with van der Waals surface area (Å²) in [6, 6.07) is 0. The first kappa shape index (κ1) is 23.4. The number of esters is 1. The first-order chi connectivity index (χ1) is 12.7. The SMILES string of the molecule is C=C(CCO[C@@H]1O[C@H](CO)[C@H](O)[C@@H](O)[C@H]1OC(C)=O)C[C@@H](O)/C=C(\C)C=O. The number of allylic oxidation sites excluding steroid dienone is 1. The van der Waals surface area contributed by atoms with E-state index in [1.54, 1.807) is 6.92 Å². The van der Waals surface area contributed by atoms with E-state index in [4.69, 9.17) is 14.2 Å². The fourth-order valence-electron chi connectivity index (χ4n) is 2.63. The molecule has 1 heterocycles. The van der Waals surface area contributed by atoms with Crippen molar-refractivity contribution < 1.29 is 44.2 Å². The summed E-state index contributed by atoms with van der Waals surface area (Å²) in [7, 11) is 0. The van der Waals surface area contributed by atoms with Crippen molar-refractivity contribution in [2.24, 2.45) is 0 Å². The topological polar surface area (TPSA) is 143 Å². The molecule has 0 aromatic carbocycles. The Hall–Kier alpha value is -1.62. The highest BCUT2D eigenvalue weighted by atomic mass is 16.7. The van der Waals surface area contributed by atoms with E-state index in [0.29, 0.717) is 23.9 Å². The average Bonchev–Trinajstić information content (AvgIpc) is 2.60. The molecule has 0 bridgehead atoms. The molecule has 1 fully saturated rings. The number of aliphatic hydroxyl groups is 4. The molecule has 0 aliphatic carbocycles. The lowest BCUT2D eigenvalue weighted by Gasteiger charge is -2.41. The Morgan fingerprint density at radius 1 is 1.30 bits per heavy atom. The molecule has 0 radical (unpaired) electrons. The molecule has 9 heteroatoms. The number of carbonyl (C=O) groups is 2. The molecule has 0 saturated carbocycles. The van der Waals surface area contributed by atoms with Crippen molar-refractivity contribution in [3.05, 3.63) is 23.8 Å². The summed E-state index contributed by atoms with van der Waals surface area (Å²) in [4.78, 5) is 21.8. The van der Waals surface area contributed by atoms with Gasteiger partial charge in [0.25, 0.3) is 0 Å². The molecule has 1 aliphatic heterocycles. The summed E-state index contributed by atoms with van der Waals surface area (Å²) in [5, 5.41) is 39.1. The molecule has 1 aliphatic rings. The Morgan fingerprint density at radius 3 is 2.52 bits per heavy atom. The lowest BCUT2D eigenvalue weighted by molar-refractivity contribution is -0.303. The van der Waals surface area contributed by atoms with Gasteiger partial charge in [0.05, 0.1) is 19.3 Å². The fourth-order valence-corrected chi connectivity index (χ4v) is 2.63. The van der Waals surface area contributed by atoms with Crippen LogP contribution in [0, 0.1) is 0 Å². The summed E-state index contributed by atoms with van der Waals surface area (Å²) in [6.07, 6.45) is -4.66. The molecule has 0 amide bonds. The van der Waals surface area contributed by atoms with Gasteiger partial charge in [-0.2, -0.15) is 0 Å². The molecular formula is C18H28O9. The quantitative estimate of drug-likeness (QED) is 0.164. The first-order valence-electron chi connectivity index (χ1n) is 8.59. The number of hydrogen-bond acceptors (Lipinski definition) is 9. The second-order valence-electron chi connectivity index (χ2n) is 6.45. The summed E-state index contributed by atoms with van der Waals surface area (Å²) >= 11 is 0. The second-order valence-corrected chi connectivity index (χ2v) is 6.45. The van der Waals surface area contributed by atoms with Crippen molar-refractivity contribution in [3.8, 4) is 0 Å². The van der Waals surface area contributed by atoms with E-state index in [0.717, 1.165) is 6.92 Å². The Bertz CT molecular complexity index is 545. The van der Waals surface area contributed by atoms with Crippen LogP contribution in [0.5, 0.6) is 0 Å². The van der Waals surface area contributed by atoms with Crippen molar-refractivity contribution >= 4 is 12.3 Å². The number of rotatable bonds is 10. The summed E-state index contributed by atoms with van der Waals surface area (Å²) < 4.78 is 15.9. The maximum atomic E-state index is 11.2. The first-order valence-corrected chi connectivity index (χ1v) is 8.59. The van der Waals surface area contributed by atoms with Crippen LogP contribution >= 0.6 is 0 Å². The third-order valence-electron chi connectivity index (χ3n) is 4.00. The van der Waals surface area contributed by atoms with Crippen LogP contribution in [0.25, 0.3) is 0 Å². The van der Waals surface area contributed by atoms with Gasteiger partial charge in [-0.1, -0.05) is 12.2 Å². The summed E-state index contributed by atoms with van der Waals surface area (Å²) in [5.74, 6) is -0.684. The molecule has 0 aromatic heterocycles. The van der Waals surface area contributed by atoms with Crippen LogP contribution < -0.4 is 0 Å². The number of aldehydes is 1. The van der Waals surface area contributed by atoms with Gasteiger partial charge in [0.2, 0.25) is 0 Å². The number of hydrogen-bond donors (Lipinski definition) is 4. The summed E-state index contributed by atoms with van der Waals surface area (Å²) in [6.45, 7) is 6.07. The summed E-state index contributed by atoms with van der Waals surface area (Å²) in [5.41, 5.74) is 1.06. The van der Waals surface area contributed by atoms with Crippen molar-refractivity contribution in [3.63, 3.8) is 0 Å². The van der Waals surface area contributed by atoms with Crippen LogP contribution in [-0.2, 0) is 23.8 Å². The van der Waals surface area contributed by atoms with E-state index in [1.807, 2.05) is 0 Å². The third kappa shape index (κ3) is 7.49. The molecule has 27 heavy (non-hydrogen) atoms. The second kappa shape index (κ2) is 11.3. The van der Waals surface area contributed by atoms with E-state index in [1.165, 1.54) is 6.08 Å². The van der Waals surface area contributed by atoms with Crippen molar-refractivity contribution in [2.45, 2.75) is 63.5 Å². The zero-order chi connectivity index (χ0) is 20.6. The number of aliphatic hydroxyl groups excluding tert-OH is 4. The van der Waals surface area contributed by atoms with Crippen LogP contribution in [-0.4, -0.2) is 82.7 Å². The smallest absolute Gasteiger partial charge is 0.303 e. The highest BCUT2D eigenvalue weighted by Gasteiger charge is 2.46. The van der Waals surface area contributed by atoms with Gasteiger partial charge >= 0.3 is 5.97 Å². The molecular weight excluding hydrogens is 360 g/mol. The van der Waals surface area contributed by atoms with E-state index in [9.17, 15) is 30.0 Å². The molecule has 1 rings (SSSR count). The third-order valence-corrected chi connectivity index (χ3v) is 4.00. The highest BCUT2D eigenvalue weighted by Crippen LogP contribution is 2.25. The van der Waals surface area contributed by atoms with E-state index < -0.39 is 49.4 Å². The molecule has 6 atom stereocenters. The van der Waals surface area contributed by atoms with Crippen LogP contribution in [0.1, 0.15) is 26.7 Å². The van der Waals surface area contributed by atoms with Gasteiger partial charge in [-0.05, 0) is 31.4 Å². The Kier molecular flexibility index (Phi) is 9.78. The van der Waals surface area contributed by atoms with Gasteiger partial charge < -0.3 is 34.6 Å². The van der Waals surface area contributed by atoms with Crippen LogP contribution in [0.15, 0.2) is 23.8 Å². The fraction of sp³-hybridized carbons (Fsp3) is 0.667. The Morgan fingerprint density at radius 2 is 1.96 bits per heavy atom. The number of carbonyl (C=O) groups excluding carboxylic acids is 2. The molecule has 1 saturated heterocycles. The lowest BCUT2D eigenvalue weighted by Crippen LogP contribution is -2.60. The van der Waals surface area contributed by atoms with E-state index in [2.05, 4.69) is 6.58 Å². The molecule has 0 aromatic rings. The number of ether oxygens (including phenoxy) is 3. The normalized spacial score (nSPS) is 29.9. The molecule has 154 valence electrons. The van der Waals surface area contributed by atoms with Crippen molar-refractivity contribution in [1.82, 2.24) is 0 Å². The van der Waals surface area contributed by atoms with Crippen LogP contribution in [0.2, 0.25) is 0 Å². The van der Waals surface area contributed by atoms with E-state index in [-0.39, 0.29) is 13.0 Å². The van der Waals surface area contributed by atoms with Crippen LogP contribution in [0.3, 0.4) is 0 Å². The minimum Gasteiger partial charge on any atom is -0.454 e. The van der Waals surface area contributed by atoms with Gasteiger partial charge in [0, 0.05) is 6.92 Å². The van der Waals surface area contributed by atoms with Gasteiger partial charge in [-0.3, -0.25) is 9.59 Å². The largest absolute Gasteiger partial charge is 0.454 e. The highest BCUT2D eigenvalue weighted by molar-refractivity contribution is 5.72. The predicted octanol–water partition coefficient (Wildman–Crippen LogP) is -0.784. The molecule has 4 N–H and O–H groups in total. The van der Waals surface area contributed by atoms with Gasteiger partial charge in [0.15, 0.2) is 12.4 Å². The van der Waals surface area contributed by atoms with Crippen molar-refractivity contribution in [1.29, 1.82) is 0 Å². The van der Waals surface area contributed by atoms with Crippen LogP contribution in [0.4, 0.5) is 0 Å². The molecule has 9 nitrogen and oxygen atoms in total. The Labute approximate surface area is 157 Å². The minimum absolute atomic E-state index is 0.0747. The average molecular weight is 388 g/mol. The maximum Gasteiger partial charge on any atom is 0.303 e. The zero-order valence-electron chi connectivity index (χ0n) is 15.5. The van der Waals surface area contributed by atoms with Crippen molar-refractivity contribution in [2.75, 3.05) is 13.2 Å². The Balaban J connectivity index is 2.59. The van der Waals surface area contributed by atoms with Gasteiger partial charge in [-0.25, -0.2) is 0 Å². The van der Waals surface area contributed by atoms with Gasteiger partial charge in [0.1, 0.15) is 24.6 Å². The maximum absolute atomic E-state index is 11.2. The standard InChI is InChI=1S/C18H28O9/c1-10(6-13(22)7-11(2)8-19)4-5-25-18-17(26-12(3)21)16(24)15(23)14(9-20)27-18/h7-8,13-18,20,22-24H,1,4-6,9H2,2-3H3/b11-7+/t13-,14-,15+,16-,17-,18-/m1/s1. The molecule has 0 unspecified atom stereocenters. The molecule has 0 spiro atoms. The monoisotopic (exact) mass is 388 g/mol. The zero-order valence-corrected chi connectivity index (χ0v) is 15.5. The predicted molar refractivity (Wildman–Crippen MR) is 93.5 cm³/mol.